The third kappa shape index (κ3) is 6.34. The van der Waals surface area contributed by atoms with Gasteiger partial charge in [-0.3, -0.25) is 4.79 Å². The number of amides is 1. The number of carbonyl (C=O) groups is 3. The topological polar surface area (TPSA) is 81.7 Å². The molecule has 0 aliphatic rings. The summed E-state index contributed by atoms with van der Waals surface area (Å²) in [7, 11) is 0. The number of ether oxygens (including phenoxy) is 2. The van der Waals surface area contributed by atoms with Crippen molar-refractivity contribution in [1.29, 1.82) is 0 Å². The summed E-state index contributed by atoms with van der Waals surface area (Å²) in [5, 5.41) is 2.29. The van der Waals surface area contributed by atoms with Gasteiger partial charge in [0.2, 0.25) is 11.9 Å². The molecule has 0 radical (unpaired) electrons. The molecule has 0 saturated heterocycles. The maximum absolute atomic E-state index is 11.9. The molecule has 0 spiro atoms. The highest BCUT2D eigenvalue weighted by atomic mass is 16.6. The number of esters is 2. The zero-order valence-electron chi connectivity index (χ0n) is 13.5. The summed E-state index contributed by atoms with van der Waals surface area (Å²) in [5.74, 6) is -2.28. The molecule has 0 fully saturated rings. The Kier molecular flexibility index (Phi) is 7.53. The fourth-order valence-corrected chi connectivity index (χ4v) is 1.71. The quantitative estimate of drug-likeness (QED) is 0.469. The van der Waals surface area contributed by atoms with Gasteiger partial charge in [-0.05, 0) is 32.4 Å². The predicted octanol–water partition coefficient (Wildman–Crippen LogP) is 1.62. The summed E-state index contributed by atoms with van der Waals surface area (Å²) in [6.07, 6.45) is 2.83. The number of benzene rings is 1. The van der Waals surface area contributed by atoms with Crippen LogP contribution in [-0.4, -0.2) is 37.1 Å². The van der Waals surface area contributed by atoms with Gasteiger partial charge in [0, 0.05) is 6.08 Å². The van der Waals surface area contributed by atoms with Crippen molar-refractivity contribution in [3.05, 3.63) is 41.5 Å². The number of carbonyl (C=O) groups excluding carboxylic acids is 3. The van der Waals surface area contributed by atoms with Crippen LogP contribution in [0.4, 0.5) is 0 Å². The third-order valence-corrected chi connectivity index (χ3v) is 2.84. The minimum absolute atomic E-state index is 0.101. The van der Waals surface area contributed by atoms with Crippen LogP contribution in [0.5, 0.6) is 0 Å². The molecule has 0 unspecified atom stereocenters. The number of hydrogen-bond donors (Lipinski definition) is 1. The van der Waals surface area contributed by atoms with Gasteiger partial charge in [0.25, 0.3) is 0 Å². The van der Waals surface area contributed by atoms with Crippen LogP contribution in [0.15, 0.2) is 30.3 Å². The van der Waals surface area contributed by atoms with Gasteiger partial charge in [-0.25, -0.2) is 9.59 Å². The fourth-order valence-electron chi connectivity index (χ4n) is 1.71. The largest absolute Gasteiger partial charge is 0.464 e. The average Bonchev–Trinajstić information content (AvgIpc) is 2.52. The zero-order valence-corrected chi connectivity index (χ0v) is 13.5. The van der Waals surface area contributed by atoms with Gasteiger partial charge in [-0.1, -0.05) is 29.8 Å². The molecule has 6 heteroatoms. The normalized spacial score (nSPS) is 10.6. The van der Waals surface area contributed by atoms with Crippen molar-refractivity contribution < 1.29 is 23.9 Å². The molecule has 0 heterocycles. The summed E-state index contributed by atoms with van der Waals surface area (Å²) in [6.45, 7) is 5.38. The van der Waals surface area contributed by atoms with Crippen LogP contribution < -0.4 is 5.32 Å². The van der Waals surface area contributed by atoms with E-state index < -0.39 is 23.9 Å². The standard InChI is InChI=1S/C17H21NO5/c1-4-22-16(20)15(17(21)23-5-2)18-14(19)11-10-13-8-6-12(3)7-9-13/h6-11,15H,4-5H2,1-3H3,(H,18,19)/b11-10+. The Morgan fingerprint density at radius 1 is 1.04 bits per heavy atom. The molecule has 1 rings (SSSR count). The second kappa shape index (κ2) is 9.40. The van der Waals surface area contributed by atoms with Crippen LogP contribution in [-0.2, 0) is 23.9 Å². The second-order valence-corrected chi connectivity index (χ2v) is 4.69. The Balaban J connectivity index is 2.73. The van der Waals surface area contributed by atoms with Gasteiger partial charge in [-0.2, -0.15) is 0 Å². The van der Waals surface area contributed by atoms with E-state index in [0.29, 0.717) is 0 Å². The highest BCUT2D eigenvalue weighted by Gasteiger charge is 2.30. The molecule has 1 aromatic carbocycles. The van der Waals surface area contributed by atoms with Crippen molar-refractivity contribution in [2.75, 3.05) is 13.2 Å². The lowest BCUT2D eigenvalue weighted by Gasteiger charge is -2.14. The molecular formula is C17H21NO5. The van der Waals surface area contributed by atoms with E-state index in [4.69, 9.17) is 9.47 Å². The zero-order chi connectivity index (χ0) is 17.2. The SMILES string of the molecule is CCOC(=O)C(NC(=O)/C=C/c1ccc(C)cc1)C(=O)OCC. The van der Waals surface area contributed by atoms with Gasteiger partial charge in [0.05, 0.1) is 13.2 Å². The molecule has 0 aromatic heterocycles. The van der Waals surface area contributed by atoms with Crippen molar-refractivity contribution in [2.45, 2.75) is 26.8 Å². The Hall–Kier alpha value is -2.63. The van der Waals surface area contributed by atoms with Gasteiger partial charge in [0.1, 0.15) is 0 Å². The first-order valence-electron chi connectivity index (χ1n) is 7.36. The minimum atomic E-state index is -1.47. The van der Waals surface area contributed by atoms with Gasteiger partial charge in [-0.15, -0.1) is 0 Å². The monoisotopic (exact) mass is 319 g/mol. The molecule has 1 amide bonds. The molecule has 0 aliphatic carbocycles. The van der Waals surface area contributed by atoms with Crippen molar-refractivity contribution in [3.63, 3.8) is 0 Å². The van der Waals surface area contributed by atoms with Gasteiger partial charge in [0.15, 0.2) is 0 Å². The molecule has 1 aromatic rings. The minimum Gasteiger partial charge on any atom is -0.464 e. The molecule has 124 valence electrons. The van der Waals surface area contributed by atoms with E-state index in [-0.39, 0.29) is 13.2 Å². The van der Waals surface area contributed by atoms with Crippen molar-refractivity contribution >= 4 is 23.9 Å². The summed E-state index contributed by atoms with van der Waals surface area (Å²) < 4.78 is 9.54. The first kappa shape index (κ1) is 18.4. The van der Waals surface area contributed by atoms with Crippen LogP contribution in [0.25, 0.3) is 6.08 Å². The van der Waals surface area contributed by atoms with Crippen molar-refractivity contribution in [2.24, 2.45) is 0 Å². The fraction of sp³-hybridized carbons (Fsp3) is 0.353. The first-order valence-corrected chi connectivity index (χ1v) is 7.36. The summed E-state index contributed by atoms with van der Waals surface area (Å²) in [6, 6.07) is 6.07. The van der Waals surface area contributed by atoms with E-state index in [1.54, 1.807) is 19.9 Å². The third-order valence-electron chi connectivity index (χ3n) is 2.84. The lowest BCUT2D eigenvalue weighted by Crippen LogP contribution is -2.47. The maximum atomic E-state index is 11.9. The molecule has 0 bridgehead atoms. The number of nitrogens with one attached hydrogen (secondary N) is 1. The highest BCUT2D eigenvalue weighted by Crippen LogP contribution is 2.05. The molecule has 0 aliphatic heterocycles. The Morgan fingerprint density at radius 2 is 1.57 bits per heavy atom. The van der Waals surface area contributed by atoms with E-state index in [1.807, 2.05) is 31.2 Å². The lowest BCUT2D eigenvalue weighted by molar-refractivity contribution is -0.159. The number of rotatable bonds is 7. The van der Waals surface area contributed by atoms with Crippen molar-refractivity contribution in [3.8, 4) is 0 Å². The molecule has 0 atom stereocenters. The summed E-state index contributed by atoms with van der Waals surface area (Å²) >= 11 is 0. The van der Waals surface area contributed by atoms with E-state index in [2.05, 4.69) is 5.32 Å². The Morgan fingerprint density at radius 3 is 2.04 bits per heavy atom. The molecule has 1 N–H and O–H groups in total. The number of hydrogen-bond acceptors (Lipinski definition) is 5. The van der Waals surface area contributed by atoms with Gasteiger partial charge >= 0.3 is 11.9 Å². The maximum Gasteiger partial charge on any atom is 0.340 e. The molecular weight excluding hydrogens is 298 g/mol. The van der Waals surface area contributed by atoms with Crippen LogP contribution in [0, 0.1) is 6.92 Å². The summed E-state index contributed by atoms with van der Waals surface area (Å²) in [5.41, 5.74) is 1.94. The van der Waals surface area contributed by atoms with E-state index in [0.717, 1.165) is 11.1 Å². The van der Waals surface area contributed by atoms with Gasteiger partial charge < -0.3 is 14.8 Å². The highest BCUT2D eigenvalue weighted by molar-refractivity contribution is 6.04. The first-order chi connectivity index (χ1) is 11.0. The van der Waals surface area contributed by atoms with Crippen molar-refractivity contribution in [1.82, 2.24) is 5.32 Å². The van der Waals surface area contributed by atoms with E-state index >= 15 is 0 Å². The van der Waals surface area contributed by atoms with Crippen LogP contribution >= 0.6 is 0 Å². The molecule has 0 saturated carbocycles. The lowest BCUT2D eigenvalue weighted by atomic mass is 10.1. The smallest absolute Gasteiger partial charge is 0.340 e. The Labute approximate surface area is 135 Å². The summed E-state index contributed by atoms with van der Waals surface area (Å²) in [4.78, 5) is 35.4. The molecule has 23 heavy (non-hydrogen) atoms. The Bertz CT molecular complexity index is 559. The van der Waals surface area contributed by atoms with E-state index in [9.17, 15) is 14.4 Å². The molecule has 6 nitrogen and oxygen atoms in total. The van der Waals surface area contributed by atoms with Crippen LogP contribution in [0.1, 0.15) is 25.0 Å². The average molecular weight is 319 g/mol. The predicted molar refractivity (Wildman–Crippen MR) is 85.4 cm³/mol. The van der Waals surface area contributed by atoms with E-state index in [1.165, 1.54) is 6.08 Å². The van der Waals surface area contributed by atoms with Crippen LogP contribution in [0.3, 0.4) is 0 Å². The second-order valence-electron chi connectivity index (χ2n) is 4.69. The van der Waals surface area contributed by atoms with Crippen LogP contribution in [0.2, 0.25) is 0 Å². The number of aryl methyl sites for hydroxylation is 1.